The second-order valence-electron chi connectivity index (χ2n) is 4.63. The Hall–Kier alpha value is -1.79. The smallest absolute Gasteiger partial charge is 0.275 e. The Morgan fingerprint density at radius 2 is 1.95 bits per heavy atom. The van der Waals surface area contributed by atoms with E-state index in [0.29, 0.717) is 17.9 Å². The Labute approximate surface area is 108 Å². The molecule has 0 bridgehead atoms. The molecule has 0 fully saturated rings. The number of fused-ring (bicyclic) bond motifs is 1. The van der Waals surface area contributed by atoms with E-state index in [1.165, 1.54) is 4.57 Å². The van der Waals surface area contributed by atoms with Crippen molar-refractivity contribution in [3.8, 4) is 0 Å². The van der Waals surface area contributed by atoms with Crippen molar-refractivity contribution in [2.24, 2.45) is 0 Å². The van der Waals surface area contributed by atoms with Crippen LogP contribution in [0, 0.1) is 0 Å². The van der Waals surface area contributed by atoms with Crippen LogP contribution in [-0.2, 0) is 13.1 Å². The average Bonchev–Trinajstić information content (AvgIpc) is 2.61. The number of hydrogen-bond acceptors (Lipinski definition) is 3. The largest absolute Gasteiger partial charge is 0.331 e. The summed E-state index contributed by atoms with van der Waals surface area (Å²) in [6.07, 6.45) is -1.01. The monoisotopic (exact) mass is 270 g/mol. The van der Waals surface area contributed by atoms with Gasteiger partial charge in [0.2, 0.25) is 0 Å². The number of aromatic nitrogens is 4. The zero-order valence-electron chi connectivity index (χ0n) is 11.1. The number of imidazole rings is 1. The van der Waals surface area contributed by atoms with Crippen LogP contribution in [0.25, 0.3) is 11.3 Å². The fourth-order valence-corrected chi connectivity index (χ4v) is 1.95. The number of rotatable bonds is 4. The van der Waals surface area contributed by atoms with Crippen LogP contribution < -0.4 is 5.69 Å². The van der Waals surface area contributed by atoms with Crippen LogP contribution in [0.4, 0.5) is 8.78 Å². The van der Waals surface area contributed by atoms with Crippen molar-refractivity contribution >= 4 is 11.3 Å². The minimum atomic E-state index is -2.60. The molecule has 7 heteroatoms. The topological polar surface area (TPSA) is 52.7 Å². The number of halogens is 2. The lowest BCUT2D eigenvalue weighted by molar-refractivity contribution is 0.126. The van der Waals surface area contributed by atoms with Crippen molar-refractivity contribution in [1.29, 1.82) is 0 Å². The molecular formula is C12H16F2N4O. The van der Waals surface area contributed by atoms with Gasteiger partial charge in [0.25, 0.3) is 6.43 Å². The number of hydrogen-bond donors (Lipinski definition) is 0. The maximum Gasteiger partial charge on any atom is 0.331 e. The lowest BCUT2D eigenvalue weighted by Crippen LogP contribution is -2.26. The van der Waals surface area contributed by atoms with Gasteiger partial charge < -0.3 is 0 Å². The molecule has 0 N–H and O–H groups in total. The zero-order valence-corrected chi connectivity index (χ0v) is 11.1. The molecular weight excluding hydrogens is 254 g/mol. The highest BCUT2D eigenvalue weighted by molar-refractivity contribution is 5.66. The molecule has 0 unspecified atom stereocenters. The molecule has 0 aliphatic carbocycles. The van der Waals surface area contributed by atoms with Crippen LogP contribution in [0.3, 0.4) is 0 Å². The Morgan fingerprint density at radius 3 is 2.47 bits per heavy atom. The van der Waals surface area contributed by atoms with Gasteiger partial charge >= 0.3 is 5.69 Å². The van der Waals surface area contributed by atoms with E-state index in [0.717, 1.165) is 4.57 Å². The molecule has 19 heavy (non-hydrogen) atoms. The highest BCUT2D eigenvalue weighted by atomic mass is 19.3. The molecule has 0 saturated heterocycles. The van der Waals surface area contributed by atoms with Crippen molar-refractivity contribution in [3.63, 3.8) is 0 Å². The molecule has 0 amide bonds. The van der Waals surface area contributed by atoms with Crippen LogP contribution in [0.15, 0.2) is 11.0 Å². The van der Waals surface area contributed by atoms with Crippen LogP contribution in [0.2, 0.25) is 0 Å². The fourth-order valence-electron chi connectivity index (χ4n) is 1.95. The predicted molar refractivity (Wildman–Crippen MR) is 67.6 cm³/mol. The van der Waals surface area contributed by atoms with E-state index in [1.54, 1.807) is 13.1 Å². The summed E-state index contributed by atoms with van der Waals surface area (Å²) in [6.45, 7) is 5.36. The maximum absolute atomic E-state index is 12.6. The van der Waals surface area contributed by atoms with Crippen molar-refractivity contribution in [2.45, 2.75) is 46.2 Å². The van der Waals surface area contributed by atoms with Crippen LogP contribution in [0.5, 0.6) is 0 Å². The Bertz CT molecular complexity index is 645. The Kier molecular flexibility index (Phi) is 3.64. The van der Waals surface area contributed by atoms with Gasteiger partial charge in [0.05, 0.1) is 18.4 Å². The summed E-state index contributed by atoms with van der Waals surface area (Å²) in [5.41, 5.74) is 0.790. The summed E-state index contributed by atoms with van der Waals surface area (Å²) >= 11 is 0. The highest BCUT2D eigenvalue weighted by Crippen LogP contribution is 2.15. The summed E-state index contributed by atoms with van der Waals surface area (Å²) in [6, 6.07) is 0. The number of alkyl halides is 2. The third-order valence-corrected chi connectivity index (χ3v) is 2.96. The van der Waals surface area contributed by atoms with Gasteiger partial charge in [-0.2, -0.15) is 0 Å². The minimum absolute atomic E-state index is 0.122. The molecule has 2 rings (SSSR count). The SMILES string of the molecule is CCn1c(=O)n(CC(F)F)c2nc(C(C)C)cnc21. The van der Waals surface area contributed by atoms with Gasteiger partial charge in [-0.3, -0.25) is 9.13 Å². The predicted octanol–water partition coefficient (Wildman–Crippen LogP) is 2.00. The van der Waals surface area contributed by atoms with Gasteiger partial charge in [0, 0.05) is 6.54 Å². The normalized spacial score (nSPS) is 11.9. The molecule has 5 nitrogen and oxygen atoms in total. The fraction of sp³-hybridized carbons (Fsp3) is 0.583. The van der Waals surface area contributed by atoms with E-state index in [1.807, 2.05) is 13.8 Å². The van der Waals surface area contributed by atoms with Gasteiger partial charge in [-0.1, -0.05) is 13.8 Å². The summed E-state index contributed by atoms with van der Waals surface area (Å²) in [4.78, 5) is 20.5. The first-order valence-corrected chi connectivity index (χ1v) is 6.19. The van der Waals surface area contributed by atoms with Crippen LogP contribution in [-0.4, -0.2) is 25.5 Å². The second-order valence-corrected chi connectivity index (χ2v) is 4.63. The highest BCUT2D eigenvalue weighted by Gasteiger charge is 2.18. The van der Waals surface area contributed by atoms with Crippen LogP contribution >= 0.6 is 0 Å². The molecule has 0 saturated carbocycles. The number of aryl methyl sites for hydroxylation is 1. The van der Waals surface area contributed by atoms with E-state index in [-0.39, 0.29) is 11.6 Å². The van der Waals surface area contributed by atoms with E-state index in [4.69, 9.17) is 0 Å². The summed E-state index contributed by atoms with van der Waals surface area (Å²) in [5.74, 6) is 0.122. The Balaban J connectivity index is 2.73. The molecule has 0 aromatic carbocycles. The van der Waals surface area contributed by atoms with Crippen molar-refractivity contribution in [2.75, 3.05) is 0 Å². The van der Waals surface area contributed by atoms with Gasteiger partial charge in [0.1, 0.15) is 0 Å². The van der Waals surface area contributed by atoms with E-state index < -0.39 is 18.7 Å². The summed E-state index contributed by atoms with van der Waals surface area (Å²) < 4.78 is 27.5. The van der Waals surface area contributed by atoms with Gasteiger partial charge in [-0.05, 0) is 12.8 Å². The maximum atomic E-state index is 12.6. The van der Waals surface area contributed by atoms with Gasteiger partial charge in [-0.25, -0.2) is 23.5 Å². The molecule has 0 atom stereocenters. The van der Waals surface area contributed by atoms with E-state index in [2.05, 4.69) is 9.97 Å². The first-order valence-electron chi connectivity index (χ1n) is 6.19. The van der Waals surface area contributed by atoms with Crippen molar-refractivity contribution < 1.29 is 8.78 Å². The third kappa shape index (κ3) is 2.36. The molecule has 0 aliphatic rings. The third-order valence-electron chi connectivity index (χ3n) is 2.96. The van der Waals surface area contributed by atoms with Gasteiger partial charge in [-0.15, -0.1) is 0 Å². The molecule has 2 aromatic rings. The first kappa shape index (κ1) is 13.6. The zero-order chi connectivity index (χ0) is 14.2. The standard InChI is InChI=1S/C12H16F2N4O/c1-4-17-10-11(16-8(5-15-10)7(2)3)18(12(17)19)6-9(13)14/h5,7,9H,4,6H2,1-3H3. The summed E-state index contributed by atoms with van der Waals surface area (Å²) in [7, 11) is 0. The molecule has 0 spiro atoms. The van der Waals surface area contributed by atoms with E-state index >= 15 is 0 Å². The molecule has 104 valence electrons. The van der Waals surface area contributed by atoms with Crippen molar-refractivity contribution in [3.05, 3.63) is 22.4 Å². The second kappa shape index (κ2) is 5.07. The average molecular weight is 270 g/mol. The quantitative estimate of drug-likeness (QED) is 0.854. The first-order chi connectivity index (χ1) is 8.95. The molecule has 0 aliphatic heterocycles. The Morgan fingerprint density at radius 1 is 1.26 bits per heavy atom. The number of nitrogens with zero attached hydrogens (tertiary/aromatic N) is 4. The molecule has 0 radical (unpaired) electrons. The summed E-state index contributed by atoms with van der Waals surface area (Å²) in [5, 5.41) is 0. The molecule has 2 aromatic heterocycles. The lowest BCUT2D eigenvalue weighted by Gasteiger charge is -2.05. The minimum Gasteiger partial charge on any atom is -0.275 e. The van der Waals surface area contributed by atoms with E-state index in [9.17, 15) is 13.6 Å². The van der Waals surface area contributed by atoms with Gasteiger partial charge in [0.15, 0.2) is 11.3 Å². The molecule has 2 heterocycles. The van der Waals surface area contributed by atoms with Crippen LogP contribution in [0.1, 0.15) is 32.4 Å². The lowest BCUT2D eigenvalue weighted by atomic mass is 10.1. The van der Waals surface area contributed by atoms with Crippen molar-refractivity contribution in [1.82, 2.24) is 19.1 Å².